The number of thiophene rings is 1. The van der Waals surface area contributed by atoms with Crippen LogP contribution in [0.15, 0.2) is 51.8 Å². The van der Waals surface area contributed by atoms with E-state index in [1.807, 2.05) is 17.5 Å². The van der Waals surface area contributed by atoms with E-state index in [2.05, 4.69) is 15.2 Å². The van der Waals surface area contributed by atoms with Crippen LogP contribution in [0.4, 0.5) is 0 Å². The molecule has 0 atom stereocenters. The minimum absolute atomic E-state index is 0.0994. The largest absolute Gasteiger partial charge is 0.293 e. The number of ketones is 1. The van der Waals surface area contributed by atoms with Gasteiger partial charge in [0.05, 0.1) is 15.5 Å². The molecule has 7 nitrogen and oxygen atoms in total. The first-order valence-electron chi connectivity index (χ1n) is 8.76. The smallest absolute Gasteiger partial charge is 0.243 e. The van der Waals surface area contributed by atoms with Gasteiger partial charge in [-0.05, 0) is 36.4 Å². The van der Waals surface area contributed by atoms with Gasteiger partial charge in [0.2, 0.25) is 15.2 Å². The third-order valence-electron chi connectivity index (χ3n) is 4.43. The maximum atomic E-state index is 12.5. The van der Waals surface area contributed by atoms with Gasteiger partial charge in [0.1, 0.15) is 0 Å². The standard InChI is InChI=1S/C18H18N4O3S3/c23-15(12-27-18-19-17(20-21-18)16-4-3-11-26-16)13-5-7-14(8-6-13)28(24,25)22-9-1-2-10-22/h3-8,11H,1-2,9-10,12H2,(H,19,20,21). The van der Waals surface area contributed by atoms with Gasteiger partial charge in [-0.2, -0.15) is 4.31 Å². The van der Waals surface area contributed by atoms with Crippen molar-refractivity contribution in [2.75, 3.05) is 18.8 Å². The zero-order valence-electron chi connectivity index (χ0n) is 14.9. The number of nitrogens with zero attached hydrogens (tertiary/aromatic N) is 3. The number of hydrogen-bond acceptors (Lipinski definition) is 7. The third kappa shape index (κ3) is 4.04. The lowest BCUT2D eigenvalue weighted by Crippen LogP contribution is -2.27. The van der Waals surface area contributed by atoms with Crippen molar-refractivity contribution in [1.29, 1.82) is 0 Å². The second-order valence-electron chi connectivity index (χ2n) is 6.29. The summed E-state index contributed by atoms with van der Waals surface area (Å²) in [7, 11) is -3.46. The Hall–Kier alpha value is -2.01. The van der Waals surface area contributed by atoms with Crippen LogP contribution in [0.5, 0.6) is 0 Å². The molecule has 3 heterocycles. The van der Waals surface area contributed by atoms with Crippen LogP contribution in [0.1, 0.15) is 23.2 Å². The molecule has 1 aliphatic rings. The molecule has 4 rings (SSSR count). The van der Waals surface area contributed by atoms with Crippen molar-refractivity contribution in [3.8, 4) is 10.7 Å². The van der Waals surface area contributed by atoms with Crippen LogP contribution in [-0.2, 0) is 10.0 Å². The summed E-state index contributed by atoms with van der Waals surface area (Å²) in [5, 5.41) is 9.46. The van der Waals surface area contributed by atoms with Gasteiger partial charge in [0, 0.05) is 18.7 Å². The van der Waals surface area contributed by atoms with Crippen molar-refractivity contribution in [2.24, 2.45) is 0 Å². The van der Waals surface area contributed by atoms with Crippen LogP contribution < -0.4 is 0 Å². The number of carbonyl (C=O) groups excluding carboxylic acids is 1. The SMILES string of the molecule is O=C(CSc1n[nH]c(-c2cccs2)n1)c1ccc(S(=O)(=O)N2CCCC2)cc1. The predicted octanol–water partition coefficient (Wildman–Crippen LogP) is 3.29. The van der Waals surface area contributed by atoms with Crippen molar-refractivity contribution in [3.05, 3.63) is 47.3 Å². The Bertz CT molecular complexity index is 1050. The average molecular weight is 435 g/mol. The van der Waals surface area contributed by atoms with E-state index in [-0.39, 0.29) is 16.4 Å². The zero-order valence-corrected chi connectivity index (χ0v) is 17.3. The molecule has 1 saturated heterocycles. The number of sulfonamides is 1. The number of carbonyl (C=O) groups is 1. The number of thioether (sulfide) groups is 1. The molecule has 1 N–H and O–H groups in total. The highest BCUT2D eigenvalue weighted by Crippen LogP contribution is 2.24. The molecule has 1 fully saturated rings. The third-order valence-corrected chi connectivity index (χ3v) is 8.07. The summed E-state index contributed by atoms with van der Waals surface area (Å²) >= 11 is 2.81. The number of rotatable bonds is 7. The molecule has 0 saturated carbocycles. The lowest BCUT2D eigenvalue weighted by molar-refractivity contribution is 0.102. The van der Waals surface area contributed by atoms with Gasteiger partial charge in [0.25, 0.3) is 0 Å². The number of aromatic amines is 1. The van der Waals surface area contributed by atoms with E-state index < -0.39 is 10.0 Å². The summed E-state index contributed by atoms with van der Waals surface area (Å²) in [6, 6.07) is 10.0. The van der Waals surface area contributed by atoms with E-state index in [0.717, 1.165) is 17.7 Å². The molecule has 146 valence electrons. The second-order valence-corrected chi connectivity index (χ2v) is 10.1. The number of aromatic nitrogens is 3. The van der Waals surface area contributed by atoms with Crippen LogP contribution >= 0.6 is 23.1 Å². The zero-order chi connectivity index (χ0) is 19.6. The number of nitrogens with one attached hydrogen (secondary N) is 1. The van der Waals surface area contributed by atoms with E-state index in [4.69, 9.17) is 0 Å². The molecule has 1 aliphatic heterocycles. The van der Waals surface area contributed by atoms with Gasteiger partial charge in [-0.1, -0.05) is 30.0 Å². The Morgan fingerprint density at radius 1 is 1.18 bits per heavy atom. The topological polar surface area (TPSA) is 96.0 Å². The molecule has 0 spiro atoms. The van der Waals surface area contributed by atoms with E-state index >= 15 is 0 Å². The summed E-state index contributed by atoms with van der Waals surface area (Å²) in [5.41, 5.74) is 0.474. The van der Waals surface area contributed by atoms with Crippen molar-refractivity contribution in [3.63, 3.8) is 0 Å². The van der Waals surface area contributed by atoms with Crippen LogP contribution in [0, 0.1) is 0 Å². The maximum absolute atomic E-state index is 12.5. The van der Waals surface area contributed by atoms with Crippen LogP contribution in [0.25, 0.3) is 10.7 Å². The van der Waals surface area contributed by atoms with Crippen LogP contribution in [-0.4, -0.2) is 52.5 Å². The first-order chi connectivity index (χ1) is 13.5. The van der Waals surface area contributed by atoms with E-state index in [0.29, 0.717) is 29.6 Å². The molecule has 0 bridgehead atoms. The lowest BCUT2D eigenvalue weighted by atomic mass is 10.1. The molecule has 0 unspecified atom stereocenters. The highest BCUT2D eigenvalue weighted by molar-refractivity contribution is 7.99. The summed E-state index contributed by atoms with van der Waals surface area (Å²) in [4.78, 5) is 18.0. The van der Waals surface area contributed by atoms with Crippen molar-refractivity contribution in [2.45, 2.75) is 22.9 Å². The lowest BCUT2D eigenvalue weighted by Gasteiger charge is -2.15. The van der Waals surface area contributed by atoms with Gasteiger partial charge < -0.3 is 0 Å². The fourth-order valence-corrected chi connectivity index (χ4v) is 5.81. The van der Waals surface area contributed by atoms with Crippen molar-refractivity contribution in [1.82, 2.24) is 19.5 Å². The first-order valence-corrected chi connectivity index (χ1v) is 12.1. The Kier molecular flexibility index (Phi) is 5.63. The number of H-pyrrole nitrogens is 1. The molecule has 0 radical (unpaired) electrons. The molecule has 28 heavy (non-hydrogen) atoms. The van der Waals surface area contributed by atoms with E-state index in [1.54, 1.807) is 23.5 Å². The van der Waals surface area contributed by atoms with Crippen LogP contribution in [0.2, 0.25) is 0 Å². The molecular weight excluding hydrogens is 416 g/mol. The van der Waals surface area contributed by atoms with Crippen LogP contribution in [0.3, 0.4) is 0 Å². The summed E-state index contributed by atoms with van der Waals surface area (Å²) < 4.78 is 26.6. The van der Waals surface area contributed by atoms with Gasteiger partial charge in [-0.25, -0.2) is 13.4 Å². The average Bonchev–Trinajstić information content (AvgIpc) is 3.48. The second kappa shape index (κ2) is 8.16. The Labute approximate surface area is 171 Å². The Morgan fingerprint density at radius 2 is 1.93 bits per heavy atom. The van der Waals surface area contributed by atoms with Gasteiger partial charge in [-0.3, -0.25) is 9.89 Å². The van der Waals surface area contributed by atoms with Crippen molar-refractivity contribution < 1.29 is 13.2 Å². The molecule has 2 aromatic heterocycles. The fourth-order valence-electron chi connectivity index (χ4n) is 2.94. The molecule has 3 aromatic rings. The first kappa shape index (κ1) is 19.3. The van der Waals surface area contributed by atoms with Gasteiger partial charge in [0.15, 0.2) is 11.6 Å². The molecular formula is C18H18N4O3S3. The summed E-state index contributed by atoms with van der Waals surface area (Å²) in [5.74, 6) is 0.763. The minimum atomic E-state index is -3.46. The van der Waals surface area contributed by atoms with Gasteiger partial charge in [-0.15, -0.1) is 16.4 Å². The number of benzene rings is 1. The normalized spacial score (nSPS) is 15.1. The highest BCUT2D eigenvalue weighted by Gasteiger charge is 2.27. The molecule has 0 aliphatic carbocycles. The molecule has 10 heteroatoms. The quantitative estimate of drug-likeness (QED) is 0.453. The number of Topliss-reactive ketones (excluding diaryl/α,β-unsaturated/α-hetero) is 1. The van der Waals surface area contributed by atoms with E-state index in [9.17, 15) is 13.2 Å². The predicted molar refractivity (Wildman–Crippen MR) is 109 cm³/mol. The maximum Gasteiger partial charge on any atom is 0.243 e. The Morgan fingerprint density at radius 3 is 2.61 bits per heavy atom. The number of hydrogen-bond donors (Lipinski definition) is 1. The van der Waals surface area contributed by atoms with Gasteiger partial charge >= 0.3 is 0 Å². The minimum Gasteiger partial charge on any atom is -0.293 e. The van der Waals surface area contributed by atoms with Crippen molar-refractivity contribution >= 4 is 38.9 Å². The van der Waals surface area contributed by atoms with E-state index in [1.165, 1.54) is 28.2 Å². The Balaban J connectivity index is 1.39. The molecule has 0 amide bonds. The molecule has 1 aromatic carbocycles. The monoisotopic (exact) mass is 434 g/mol. The fraction of sp³-hybridized carbons (Fsp3) is 0.278. The summed E-state index contributed by atoms with van der Waals surface area (Å²) in [6.07, 6.45) is 1.78. The summed E-state index contributed by atoms with van der Waals surface area (Å²) in [6.45, 7) is 1.12. The highest BCUT2D eigenvalue weighted by atomic mass is 32.2.